The van der Waals surface area contributed by atoms with E-state index in [4.69, 9.17) is 16.9 Å². The van der Waals surface area contributed by atoms with Gasteiger partial charge in [-0.2, -0.15) is 5.26 Å². The fraction of sp³-hybridized carbons (Fsp3) is 0.222. The highest BCUT2D eigenvalue weighted by molar-refractivity contribution is 6.17. The van der Waals surface area contributed by atoms with Gasteiger partial charge in [0.1, 0.15) is 17.5 Å². The Bertz CT molecular complexity index is 429. The van der Waals surface area contributed by atoms with E-state index in [1.807, 2.05) is 0 Å². The number of alkyl halides is 3. The van der Waals surface area contributed by atoms with Crippen molar-refractivity contribution in [2.24, 2.45) is 0 Å². The number of hydrogen-bond acceptors (Lipinski definition) is 3. The Kier molecular flexibility index (Phi) is 3.69. The van der Waals surface area contributed by atoms with Crippen LogP contribution in [-0.2, 0) is 5.88 Å². The highest BCUT2D eigenvalue weighted by Crippen LogP contribution is 2.24. The molecule has 6 heteroatoms. The van der Waals surface area contributed by atoms with Crippen molar-refractivity contribution in [2.75, 3.05) is 0 Å². The molecule has 1 aromatic heterocycles. The minimum absolute atomic E-state index is 0.100. The van der Waals surface area contributed by atoms with Crippen LogP contribution in [0.5, 0.6) is 0 Å². The summed E-state index contributed by atoms with van der Waals surface area (Å²) in [6, 6.07) is 2.72. The highest BCUT2D eigenvalue weighted by atomic mass is 35.5. The van der Waals surface area contributed by atoms with E-state index in [-0.39, 0.29) is 23.4 Å². The van der Waals surface area contributed by atoms with Gasteiger partial charge in [0.15, 0.2) is 6.29 Å². The van der Waals surface area contributed by atoms with E-state index in [0.29, 0.717) is 0 Å². The van der Waals surface area contributed by atoms with E-state index in [0.717, 1.165) is 6.07 Å². The molecule has 1 aromatic rings. The monoisotopic (exact) mass is 230 g/mol. The molecule has 15 heavy (non-hydrogen) atoms. The van der Waals surface area contributed by atoms with Crippen molar-refractivity contribution in [3.8, 4) is 6.07 Å². The molecule has 0 radical (unpaired) electrons. The van der Waals surface area contributed by atoms with Gasteiger partial charge in [-0.05, 0) is 6.07 Å². The molecule has 0 aliphatic heterocycles. The molecule has 0 unspecified atom stereocenters. The van der Waals surface area contributed by atoms with Crippen LogP contribution in [0.2, 0.25) is 0 Å². The minimum atomic E-state index is -2.81. The Morgan fingerprint density at radius 1 is 1.67 bits per heavy atom. The van der Waals surface area contributed by atoms with Gasteiger partial charge in [0.25, 0.3) is 6.43 Å². The van der Waals surface area contributed by atoms with Gasteiger partial charge < -0.3 is 0 Å². The van der Waals surface area contributed by atoms with Crippen molar-refractivity contribution in [2.45, 2.75) is 12.3 Å². The number of aldehydes is 1. The van der Waals surface area contributed by atoms with Crippen molar-refractivity contribution >= 4 is 17.9 Å². The van der Waals surface area contributed by atoms with Crippen molar-refractivity contribution < 1.29 is 13.6 Å². The molecular weight excluding hydrogens is 226 g/mol. The molecule has 0 saturated heterocycles. The lowest BCUT2D eigenvalue weighted by Crippen LogP contribution is -2.03. The summed E-state index contributed by atoms with van der Waals surface area (Å²) >= 11 is 5.46. The number of halogens is 3. The van der Waals surface area contributed by atoms with E-state index in [1.165, 1.54) is 0 Å². The van der Waals surface area contributed by atoms with Gasteiger partial charge in [-0.3, -0.25) is 4.79 Å². The molecule has 0 fully saturated rings. The number of hydrogen-bond donors (Lipinski definition) is 0. The van der Waals surface area contributed by atoms with E-state index < -0.39 is 17.7 Å². The Hall–Kier alpha value is -1.54. The fourth-order valence-corrected chi connectivity index (χ4v) is 1.26. The fourth-order valence-electron chi connectivity index (χ4n) is 1.05. The molecule has 0 spiro atoms. The molecule has 0 bridgehead atoms. The lowest BCUT2D eigenvalue weighted by molar-refractivity contribution is 0.110. The predicted octanol–water partition coefficient (Wildman–Crippen LogP) is 2.44. The molecule has 0 amide bonds. The average Bonchev–Trinajstić information content (AvgIpc) is 2.26. The van der Waals surface area contributed by atoms with E-state index >= 15 is 0 Å². The molecule has 0 aliphatic rings. The van der Waals surface area contributed by atoms with Gasteiger partial charge in [0.05, 0.1) is 5.88 Å². The second kappa shape index (κ2) is 4.80. The SMILES string of the molecule is N#Cc1nc(C=O)c(C(F)F)cc1CCl. The molecule has 0 aromatic carbocycles. The van der Waals surface area contributed by atoms with Gasteiger partial charge in [-0.25, -0.2) is 13.8 Å². The summed E-state index contributed by atoms with van der Waals surface area (Å²) in [6.45, 7) is 0. The van der Waals surface area contributed by atoms with Crippen LogP contribution in [-0.4, -0.2) is 11.3 Å². The third kappa shape index (κ3) is 2.28. The molecule has 0 saturated carbocycles. The number of carbonyl (C=O) groups excluding carboxylic acids is 1. The molecular formula is C9H5ClF2N2O. The first-order valence-corrected chi connectivity index (χ1v) is 4.40. The number of nitriles is 1. The van der Waals surface area contributed by atoms with Crippen LogP contribution in [0, 0.1) is 11.3 Å². The lowest BCUT2D eigenvalue weighted by atomic mass is 10.1. The van der Waals surface area contributed by atoms with Crippen LogP contribution < -0.4 is 0 Å². The summed E-state index contributed by atoms with van der Waals surface area (Å²) in [7, 11) is 0. The van der Waals surface area contributed by atoms with Crippen LogP contribution in [0.25, 0.3) is 0 Å². The molecule has 78 valence electrons. The number of pyridine rings is 1. The van der Waals surface area contributed by atoms with Crippen LogP contribution in [0.3, 0.4) is 0 Å². The van der Waals surface area contributed by atoms with Gasteiger partial charge >= 0.3 is 0 Å². The Balaban J connectivity index is 3.42. The zero-order valence-corrected chi connectivity index (χ0v) is 8.13. The van der Waals surface area contributed by atoms with Crippen LogP contribution in [0.15, 0.2) is 6.07 Å². The highest BCUT2D eigenvalue weighted by Gasteiger charge is 2.17. The number of aromatic nitrogens is 1. The molecule has 0 aliphatic carbocycles. The Morgan fingerprint density at radius 2 is 2.33 bits per heavy atom. The third-order valence-electron chi connectivity index (χ3n) is 1.76. The first-order valence-electron chi connectivity index (χ1n) is 3.87. The Morgan fingerprint density at radius 3 is 2.73 bits per heavy atom. The predicted molar refractivity (Wildman–Crippen MR) is 48.9 cm³/mol. The van der Waals surface area contributed by atoms with Crippen molar-refractivity contribution in [3.63, 3.8) is 0 Å². The van der Waals surface area contributed by atoms with Crippen LogP contribution >= 0.6 is 11.6 Å². The second-order valence-corrected chi connectivity index (χ2v) is 2.90. The second-order valence-electron chi connectivity index (χ2n) is 2.63. The maximum atomic E-state index is 12.4. The van der Waals surface area contributed by atoms with Crippen molar-refractivity contribution in [1.82, 2.24) is 4.98 Å². The summed E-state index contributed by atoms with van der Waals surface area (Å²) in [5.74, 6) is -0.102. The topological polar surface area (TPSA) is 53.8 Å². The third-order valence-corrected chi connectivity index (χ3v) is 2.05. The molecule has 3 nitrogen and oxygen atoms in total. The van der Waals surface area contributed by atoms with Crippen LogP contribution in [0.1, 0.15) is 33.7 Å². The van der Waals surface area contributed by atoms with Crippen molar-refractivity contribution in [1.29, 1.82) is 5.26 Å². The van der Waals surface area contributed by atoms with E-state index in [2.05, 4.69) is 4.98 Å². The summed E-state index contributed by atoms with van der Waals surface area (Å²) in [4.78, 5) is 14.0. The smallest absolute Gasteiger partial charge is 0.266 e. The summed E-state index contributed by atoms with van der Waals surface area (Å²) in [5, 5.41) is 8.62. The molecule has 1 rings (SSSR count). The largest absolute Gasteiger partial charge is 0.296 e. The normalized spacial score (nSPS) is 10.1. The minimum Gasteiger partial charge on any atom is -0.296 e. The number of carbonyl (C=O) groups is 1. The first-order chi connectivity index (χ1) is 7.13. The zero-order valence-electron chi connectivity index (χ0n) is 7.38. The van der Waals surface area contributed by atoms with E-state index in [9.17, 15) is 13.6 Å². The zero-order chi connectivity index (χ0) is 11.4. The van der Waals surface area contributed by atoms with Gasteiger partial charge in [-0.1, -0.05) is 0 Å². The maximum Gasteiger partial charge on any atom is 0.266 e. The van der Waals surface area contributed by atoms with E-state index in [1.54, 1.807) is 6.07 Å². The number of rotatable bonds is 3. The first kappa shape index (κ1) is 11.5. The number of nitrogens with zero attached hydrogens (tertiary/aromatic N) is 2. The van der Waals surface area contributed by atoms with Crippen molar-refractivity contribution in [3.05, 3.63) is 28.6 Å². The van der Waals surface area contributed by atoms with Gasteiger partial charge in [0.2, 0.25) is 0 Å². The van der Waals surface area contributed by atoms with Gasteiger partial charge in [-0.15, -0.1) is 11.6 Å². The standard InChI is InChI=1S/C9H5ClF2N2O/c10-2-5-1-6(9(11)12)8(4-15)14-7(5)3-13/h1,4,9H,2H2. The lowest BCUT2D eigenvalue weighted by Gasteiger charge is -2.06. The van der Waals surface area contributed by atoms with Gasteiger partial charge in [0, 0.05) is 11.1 Å². The summed E-state index contributed by atoms with van der Waals surface area (Å²) in [5.41, 5.74) is -0.827. The molecule has 1 heterocycles. The quantitative estimate of drug-likeness (QED) is 0.592. The summed E-state index contributed by atoms with van der Waals surface area (Å²) < 4.78 is 24.9. The molecule has 0 N–H and O–H groups in total. The summed E-state index contributed by atoms with van der Waals surface area (Å²) in [6.07, 6.45) is -2.62. The van der Waals surface area contributed by atoms with Crippen LogP contribution in [0.4, 0.5) is 8.78 Å². The average molecular weight is 231 g/mol. The maximum absolute atomic E-state index is 12.4. The Labute approximate surface area is 89.3 Å². The molecule has 0 atom stereocenters.